The summed E-state index contributed by atoms with van der Waals surface area (Å²) in [4.78, 5) is 2.29. The molecule has 0 aliphatic heterocycles. The quantitative estimate of drug-likeness (QED) is 0.723. The molecule has 0 saturated carbocycles. The van der Waals surface area contributed by atoms with Gasteiger partial charge in [-0.25, -0.2) is 0 Å². The number of hydrogen-bond acceptors (Lipinski definition) is 3. The monoisotopic (exact) mass is 194 g/mol. The lowest BCUT2D eigenvalue weighted by molar-refractivity contribution is 0.389. The molecule has 0 fully saturated rings. The van der Waals surface area contributed by atoms with Crippen LogP contribution in [0.4, 0.5) is 11.4 Å². The summed E-state index contributed by atoms with van der Waals surface area (Å²) in [5.74, 6) is 0. The first kappa shape index (κ1) is 10.9. The van der Waals surface area contributed by atoms with Crippen molar-refractivity contribution >= 4 is 11.4 Å². The number of nitrogens with zero attached hydrogens (tertiary/aromatic N) is 1. The van der Waals surface area contributed by atoms with Gasteiger partial charge in [-0.3, -0.25) is 10.7 Å². The average molecular weight is 194 g/mol. The molecule has 0 unspecified atom stereocenters. The Morgan fingerprint density at radius 2 is 1.93 bits per heavy atom. The van der Waals surface area contributed by atoms with Crippen LogP contribution in [0.5, 0.6) is 0 Å². The van der Waals surface area contributed by atoms with Crippen molar-refractivity contribution in [2.45, 2.75) is 20.8 Å². The second kappa shape index (κ2) is 4.86. The third-order valence-electron chi connectivity index (χ3n) is 2.43. The van der Waals surface area contributed by atoms with E-state index in [9.17, 15) is 0 Å². The van der Waals surface area contributed by atoms with Crippen molar-refractivity contribution in [3.63, 3.8) is 0 Å². The predicted molar refractivity (Wildman–Crippen MR) is 60.1 cm³/mol. The van der Waals surface area contributed by atoms with E-state index in [1.54, 1.807) is 0 Å². The van der Waals surface area contributed by atoms with Crippen LogP contribution in [0, 0.1) is 6.92 Å². The summed E-state index contributed by atoms with van der Waals surface area (Å²) < 4.78 is 0. The van der Waals surface area contributed by atoms with Gasteiger partial charge in [-0.05, 0) is 44.5 Å². The Bertz CT molecular complexity index is 295. The van der Waals surface area contributed by atoms with Crippen LogP contribution in [-0.4, -0.2) is 18.3 Å². The van der Waals surface area contributed by atoms with Gasteiger partial charge in [0.2, 0.25) is 0 Å². The maximum Gasteiger partial charge on any atom is 0.0606 e. The number of benzene rings is 1. The van der Waals surface area contributed by atoms with Crippen LogP contribution in [0.1, 0.15) is 19.4 Å². The molecule has 3 nitrogen and oxygen atoms in total. The van der Waals surface area contributed by atoms with Gasteiger partial charge in [-0.1, -0.05) is 0 Å². The number of anilines is 2. The molecule has 2 N–H and O–H groups in total. The van der Waals surface area contributed by atoms with E-state index in [0.717, 1.165) is 18.8 Å². The van der Waals surface area contributed by atoms with Gasteiger partial charge in [-0.2, -0.15) is 0 Å². The Hall–Kier alpha value is -1.22. The summed E-state index contributed by atoms with van der Waals surface area (Å²) in [5.41, 5.74) is 5.29. The lowest BCUT2D eigenvalue weighted by Gasteiger charge is -2.23. The van der Waals surface area contributed by atoms with E-state index in [2.05, 4.69) is 31.2 Å². The van der Waals surface area contributed by atoms with Crippen molar-refractivity contribution in [1.29, 1.82) is 0 Å². The Morgan fingerprint density at radius 3 is 2.36 bits per heavy atom. The maximum absolute atomic E-state index is 8.74. The highest BCUT2D eigenvalue weighted by atomic mass is 16.5. The second-order valence-electron chi connectivity index (χ2n) is 3.29. The molecule has 0 aliphatic rings. The van der Waals surface area contributed by atoms with Crippen LogP contribution < -0.4 is 10.4 Å². The third kappa shape index (κ3) is 2.17. The Balaban J connectivity index is 2.98. The van der Waals surface area contributed by atoms with Crippen molar-refractivity contribution in [2.75, 3.05) is 23.5 Å². The van der Waals surface area contributed by atoms with E-state index in [-0.39, 0.29) is 0 Å². The molecule has 0 saturated heterocycles. The summed E-state index contributed by atoms with van der Waals surface area (Å²) in [5, 5.41) is 8.74. The molecule has 1 aromatic rings. The first-order chi connectivity index (χ1) is 6.72. The Morgan fingerprint density at radius 1 is 1.29 bits per heavy atom. The predicted octanol–water partition coefficient (Wildman–Crippen LogP) is 2.64. The first-order valence-electron chi connectivity index (χ1n) is 4.98. The molecule has 0 heterocycles. The molecule has 0 aliphatic carbocycles. The maximum atomic E-state index is 8.74. The lowest BCUT2D eigenvalue weighted by atomic mass is 10.1. The standard InChI is InChI=1S/C11H18N2O/c1-4-13(5-2)11-7-6-10(12-14)8-9(11)3/h6-8,12,14H,4-5H2,1-3H3. The van der Waals surface area contributed by atoms with Crippen molar-refractivity contribution in [1.82, 2.24) is 0 Å². The summed E-state index contributed by atoms with van der Waals surface area (Å²) in [6, 6.07) is 5.84. The zero-order valence-electron chi connectivity index (χ0n) is 9.04. The number of rotatable bonds is 4. The van der Waals surface area contributed by atoms with Gasteiger partial charge in [0.25, 0.3) is 0 Å². The second-order valence-corrected chi connectivity index (χ2v) is 3.29. The molecule has 3 heteroatoms. The van der Waals surface area contributed by atoms with Crippen LogP contribution in [0.25, 0.3) is 0 Å². The van der Waals surface area contributed by atoms with Gasteiger partial charge in [0.15, 0.2) is 0 Å². The number of hydrogen-bond donors (Lipinski definition) is 2. The average Bonchev–Trinajstić information content (AvgIpc) is 2.22. The SMILES string of the molecule is CCN(CC)c1ccc(NO)cc1C. The van der Waals surface area contributed by atoms with Crippen LogP contribution in [0.3, 0.4) is 0 Å². The van der Waals surface area contributed by atoms with Crippen LogP contribution in [-0.2, 0) is 0 Å². The van der Waals surface area contributed by atoms with Gasteiger partial charge >= 0.3 is 0 Å². The Kier molecular flexibility index (Phi) is 3.77. The van der Waals surface area contributed by atoms with Crippen LogP contribution in [0.15, 0.2) is 18.2 Å². The minimum absolute atomic E-state index is 0.735. The van der Waals surface area contributed by atoms with Crippen molar-refractivity contribution in [3.8, 4) is 0 Å². The summed E-state index contributed by atoms with van der Waals surface area (Å²) in [7, 11) is 0. The van der Waals surface area contributed by atoms with Gasteiger partial charge in [0, 0.05) is 18.8 Å². The van der Waals surface area contributed by atoms with Crippen LogP contribution in [0.2, 0.25) is 0 Å². The topological polar surface area (TPSA) is 35.5 Å². The molecular weight excluding hydrogens is 176 g/mol. The highest BCUT2D eigenvalue weighted by Crippen LogP contribution is 2.22. The fraction of sp³-hybridized carbons (Fsp3) is 0.455. The minimum Gasteiger partial charge on any atom is -0.372 e. The van der Waals surface area contributed by atoms with E-state index in [1.807, 2.05) is 18.2 Å². The zero-order chi connectivity index (χ0) is 10.6. The molecule has 0 radical (unpaired) electrons. The van der Waals surface area contributed by atoms with Gasteiger partial charge in [-0.15, -0.1) is 0 Å². The van der Waals surface area contributed by atoms with Crippen molar-refractivity contribution < 1.29 is 5.21 Å². The third-order valence-corrected chi connectivity index (χ3v) is 2.43. The lowest BCUT2D eigenvalue weighted by Crippen LogP contribution is -2.22. The first-order valence-corrected chi connectivity index (χ1v) is 4.98. The number of aryl methyl sites for hydroxylation is 1. The Labute approximate surface area is 85.3 Å². The van der Waals surface area contributed by atoms with Crippen molar-refractivity contribution in [3.05, 3.63) is 23.8 Å². The van der Waals surface area contributed by atoms with Crippen molar-refractivity contribution in [2.24, 2.45) is 0 Å². The molecule has 0 aromatic heterocycles. The molecule has 1 aromatic carbocycles. The van der Waals surface area contributed by atoms with Gasteiger partial charge in [0.05, 0.1) is 5.69 Å². The molecule has 0 atom stereocenters. The molecule has 0 spiro atoms. The highest BCUT2D eigenvalue weighted by Gasteiger charge is 2.05. The smallest absolute Gasteiger partial charge is 0.0606 e. The molecule has 1 rings (SSSR count). The normalized spacial score (nSPS) is 10.0. The molecule has 14 heavy (non-hydrogen) atoms. The van der Waals surface area contributed by atoms with Crippen LogP contribution >= 0.6 is 0 Å². The number of nitrogens with one attached hydrogen (secondary N) is 1. The van der Waals surface area contributed by atoms with E-state index in [4.69, 9.17) is 5.21 Å². The van der Waals surface area contributed by atoms with Gasteiger partial charge in [0.1, 0.15) is 0 Å². The molecular formula is C11H18N2O. The molecule has 0 bridgehead atoms. The van der Waals surface area contributed by atoms with E-state index >= 15 is 0 Å². The van der Waals surface area contributed by atoms with E-state index < -0.39 is 0 Å². The van der Waals surface area contributed by atoms with Gasteiger partial charge < -0.3 is 4.90 Å². The molecule has 78 valence electrons. The van der Waals surface area contributed by atoms with E-state index in [0.29, 0.717) is 0 Å². The minimum atomic E-state index is 0.735. The highest BCUT2D eigenvalue weighted by molar-refractivity contribution is 5.59. The zero-order valence-corrected chi connectivity index (χ0v) is 9.04. The summed E-state index contributed by atoms with van der Waals surface area (Å²) >= 11 is 0. The van der Waals surface area contributed by atoms with E-state index in [1.165, 1.54) is 11.3 Å². The fourth-order valence-corrected chi connectivity index (χ4v) is 1.64. The summed E-state index contributed by atoms with van der Waals surface area (Å²) in [6.45, 7) is 8.34. The molecule has 0 amide bonds. The largest absolute Gasteiger partial charge is 0.372 e. The summed E-state index contributed by atoms with van der Waals surface area (Å²) in [6.07, 6.45) is 0. The fourth-order valence-electron chi connectivity index (χ4n) is 1.64.